The number of rotatable bonds is 6. The molecule has 0 saturated carbocycles. The van der Waals surface area contributed by atoms with Crippen molar-refractivity contribution in [2.24, 2.45) is 0 Å². The summed E-state index contributed by atoms with van der Waals surface area (Å²) in [6, 6.07) is 13.1. The lowest BCUT2D eigenvalue weighted by Gasteiger charge is -2.07. The van der Waals surface area contributed by atoms with Crippen LogP contribution in [0.25, 0.3) is 0 Å². The molecule has 0 atom stereocenters. The quantitative estimate of drug-likeness (QED) is 0.806. The van der Waals surface area contributed by atoms with Gasteiger partial charge < -0.3 is 10.1 Å². The van der Waals surface area contributed by atoms with Gasteiger partial charge in [-0.25, -0.2) is 4.39 Å². The molecule has 1 N–H and O–H groups in total. The monoisotopic (exact) mass is 337 g/mol. The van der Waals surface area contributed by atoms with Crippen LogP contribution in [0.2, 0.25) is 0 Å². The van der Waals surface area contributed by atoms with E-state index < -0.39 is 0 Å². The highest BCUT2D eigenvalue weighted by Gasteiger charge is 2.00. The van der Waals surface area contributed by atoms with Crippen LogP contribution in [0.5, 0.6) is 5.75 Å². The maximum absolute atomic E-state index is 13.1. The van der Waals surface area contributed by atoms with Gasteiger partial charge >= 0.3 is 0 Å². The predicted molar refractivity (Wildman–Crippen MR) is 82.5 cm³/mol. The molecule has 0 aliphatic heterocycles. The third-order valence-corrected chi connectivity index (χ3v) is 3.67. The van der Waals surface area contributed by atoms with Gasteiger partial charge in [0.25, 0.3) is 0 Å². The normalized spacial score (nSPS) is 10.6. The van der Waals surface area contributed by atoms with Crippen molar-refractivity contribution in [2.75, 3.05) is 13.7 Å². The Morgan fingerprint density at radius 1 is 1.10 bits per heavy atom. The maximum Gasteiger partial charge on any atom is 0.137 e. The number of halogens is 2. The van der Waals surface area contributed by atoms with Crippen molar-refractivity contribution in [3.8, 4) is 5.75 Å². The first-order valence-corrected chi connectivity index (χ1v) is 7.26. The van der Waals surface area contributed by atoms with E-state index in [2.05, 4.69) is 33.4 Å². The van der Waals surface area contributed by atoms with Crippen molar-refractivity contribution in [1.29, 1.82) is 0 Å². The van der Waals surface area contributed by atoms with E-state index in [0.717, 1.165) is 30.8 Å². The Morgan fingerprint density at radius 2 is 1.80 bits per heavy atom. The van der Waals surface area contributed by atoms with Crippen LogP contribution in [0.15, 0.2) is 46.9 Å². The Bertz CT molecular complexity index is 557. The third-order valence-electron chi connectivity index (χ3n) is 3.06. The molecule has 106 valence electrons. The molecule has 2 rings (SSSR count). The van der Waals surface area contributed by atoms with Crippen molar-refractivity contribution in [1.82, 2.24) is 5.32 Å². The molecule has 0 heterocycles. The van der Waals surface area contributed by atoms with Crippen molar-refractivity contribution in [3.63, 3.8) is 0 Å². The fraction of sp³-hybridized carbons (Fsp3) is 0.250. The number of benzene rings is 2. The molecule has 0 aliphatic rings. The zero-order valence-corrected chi connectivity index (χ0v) is 12.9. The number of ether oxygens (including phenoxy) is 1. The average molecular weight is 338 g/mol. The fourth-order valence-corrected chi connectivity index (χ4v) is 2.33. The fourth-order valence-electron chi connectivity index (χ4n) is 1.91. The Labute approximate surface area is 127 Å². The molecule has 0 unspecified atom stereocenters. The molecule has 0 fully saturated rings. The summed E-state index contributed by atoms with van der Waals surface area (Å²) >= 11 is 3.19. The van der Waals surface area contributed by atoms with Gasteiger partial charge in [-0.15, -0.1) is 0 Å². The summed E-state index contributed by atoms with van der Waals surface area (Å²) in [4.78, 5) is 0. The summed E-state index contributed by atoms with van der Waals surface area (Å²) in [6.07, 6.45) is 0.951. The van der Waals surface area contributed by atoms with Gasteiger partial charge in [0.05, 0.1) is 11.6 Å². The summed E-state index contributed by atoms with van der Waals surface area (Å²) in [5.41, 5.74) is 2.33. The van der Waals surface area contributed by atoms with Gasteiger partial charge in [-0.1, -0.05) is 18.2 Å². The van der Waals surface area contributed by atoms with Crippen LogP contribution in [0.1, 0.15) is 11.1 Å². The molecule has 0 amide bonds. The summed E-state index contributed by atoms with van der Waals surface area (Å²) in [7, 11) is 1.66. The van der Waals surface area contributed by atoms with E-state index in [1.807, 2.05) is 12.1 Å². The molecule has 4 heteroatoms. The van der Waals surface area contributed by atoms with E-state index in [1.54, 1.807) is 19.2 Å². The molecule has 0 aliphatic carbocycles. The maximum atomic E-state index is 13.1. The lowest BCUT2D eigenvalue weighted by molar-refractivity contribution is 0.414. The molecule has 0 bridgehead atoms. The summed E-state index contributed by atoms with van der Waals surface area (Å²) in [5, 5.41) is 3.35. The van der Waals surface area contributed by atoms with Crippen LogP contribution in [0.4, 0.5) is 4.39 Å². The minimum Gasteiger partial charge on any atom is -0.497 e. The van der Waals surface area contributed by atoms with Crippen molar-refractivity contribution >= 4 is 15.9 Å². The summed E-state index contributed by atoms with van der Waals surface area (Å²) < 4.78 is 18.7. The van der Waals surface area contributed by atoms with Crippen LogP contribution in [0.3, 0.4) is 0 Å². The Balaban J connectivity index is 1.76. The van der Waals surface area contributed by atoms with Crippen molar-refractivity contribution in [3.05, 3.63) is 63.9 Å². The highest BCUT2D eigenvalue weighted by molar-refractivity contribution is 9.10. The zero-order chi connectivity index (χ0) is 14.4. The van der Waals surface area contributed by atoms with Gasteiger partial charge in [0.2, 0.25) is 0 Å². The first-order valence-electron chi connectivity index (χ1n) is 6.46. The molecule has 2 aromatic rings. The lowest BCUT2D eigenvalue weighted by atomic mass is 10.1. The van der Waals surface area contributed by atoms with E-state index in [1.165, 1.54) is 11.6 Å². The number of methoxy groups -OCH3 is 1. The molecule has 0 spiro atoms. The third kappa shape index (κ3) is 4.32. The summed E-state index contributed by atoms with van der Waals surface area (Å²) in [5.74, 6) is 0.643. The van der Waals surface area contributed by atoms with Crippen molar-refractivity contribution < 1.29 is 9.13 Å². The number of nitrogens with one attached hydrogen (secondary N) is 1. The van der Waals surface area contributed by atoms with Crippen LogP contribution in [-0.4, -0.2) is 13.7 Å². The average Bonchev–Trinajstić information content (AvgIpc) is 2.48. The van der Waals surface area contributed by atoms with Gasteiger partial charge in [0.1, 0.15) is 11.6 Å². The standard InChI is InChI=1S/C16H17BrFNO/c1-20-14-5-2-12(3-6-14)8-9-19-11-13-4-7-16(18)15(17)10-13/h2-7,10,19H,8-9,11H2,1H3. The largest absolute Gasteiger partial charge is 0.497 e. The van der Waals surface area contributed by atoms with Gasteiger partial charge in [0, 0.05) is 6.54 Å². The minimum atomic E-state index is -0.230. The molecule has 0 radical (unpaired) electrons. The molecular formula is C16H17BrFNO. The zero-order valence-electron chi connectivity index (χ0n) is 11.3. The molecule has 2 nitrogen and oxygen atoms in total. The smallest absolute Gasteiger partial charge is 0.137 e. The Hall–Kier alpha value is -1.39. The van der Waals surface area contributed by atoms with E-state index in [-0.39, 0.29) is 5.82 Å². The SMILES string of the molecule is COc1ccc(CCNCc2ccc(F)c(Br)c2)cc1. The van der Waals surface area contributed by atoms with Gasteiger partial charge in [0.15, 0.2) is 0 Å². The second-order valence-corrected chi connectivity index (χ2v) is 5.38. The first-order chi connectivity index (χ1) is 9.69. The van der Waals surface area contributed by atoms with E-state index in [0.29, 0.717) is 4.47 Å². The van der Waals surface area contributed by atoms with Crippen molar-refractivity contribution in [2.45, 2.75) is 13.0 Å². The van der Waals surface area contributed by atoms with Gasteiger partial charge in [-0.05, 0) is 64.3 Å². The number of hydrogen-bond acceptors (Lipinski definition) is 2. The second-order valence-electron chi connectivity index (χ2n) is 4.52. The number of hydrogen-bond donors (Lipinski definition) is 1. The highest BCUT2D eigenvalue weighted by Crippen LogP contribution is 2.16. The van der Waals surface area contributed by atoms with Crippen LogP contribution < -0.4 is 10.1 Å². The van der Waals surface area contributed by atoms with E-state index >= 15 is 0 Å². The molecular weight excluding hydrogens is 321 g/mol. The van der Waals surface area contributed by atoms with Crippen LogP contribution >= 0.6 is 15.9 Å². The lowest BCUT2D eigenvalue weighted by Crippen LogP contribution is -2.16. The summed E-state index contributed by atoms with van der Waals surface area (Å²) in [6.45, 7) is 1.61. The molecule has 2 aromatic carbocycles. The molecule has 20 heavy (non-hydrogen) atoms. The molecule has 0 saturated heterocycles. The van der Waals surface area contributed by atoms with Gasteiger partial charge in [-0.3, -0.25) is 0 Å². The minimum absolute atomic E-state index is 0.230. The van der Waals surface area contributed by atoms with Crippen LogP contribution in [0, 0.1) is 5.82 Å². The predicted octanol–water partition coefficient (Wildman–Crippen LogP) is 3.93. The topological polar surface area (TPSA) is 21.3 Å². The van der Waals surface area contributed by atoms with Gasteiger partial charge in [-0.2, -0.15) is 0 Å². The Morgan fingerprint density at radius 3 is 2.45 bits per heavy atom. The van der Waals surface area contributed by atoms with Crippen LogP contribution in [-0.2, 0) is 13.0 Å². The highest BCUT2D eigenvalue weighted by atomic mass is 79.9. The Kier molecular flexibility index (Phi) is 5.56. The van der Waals surface area contributed by atoms with E-state index in [4.69, 9.17) is 4.74 Å². The first kappa shape index (κ1) is 15.0. The van der Waals surface area contributed by atoms with E-state index in [9.17, 15) is 4.39 Å². The molecule has 0 aromatic heterocycles. The second kappa shape index (κ2) is 7.41.